The molecule has 5 rings (SSSR count). The molecule has 1 aliphatic heterocycles. The normalized spacial score (nSPS) is 27.7. The van der Waals surface area contributed by atoms with Gasteiger partial charge >= 0.3 is 6.03 Å². The van der Waals surface area contributed by atoms with E-state index in [1.165, 1.54) is 5.56 Å². The van der Waals surface area contributed by atoms with Gasteiger partial charge in [-0.05, 0) is 98.2 Å². The molecule has 184 valence electrons. The second-order valence-corrected chi connectivity index (χ2v) is 10.9. The van der Waals surface area contributed by atoms with Crippen LogP contribution in [0.4, 0.5) is 10.5 Å². The highest BCUT2D eigenvalue weighted by Crippen LogP contribution is 2.62. The third kappa shape index (κ3) is 5.07. The molecule has 0 aromatic heterocycles. The summed E-state index contributed by atoms with van der Waals surface area (Å²) in [6.45, 7) is 7.13. The monoisotopic (exact) mass is 472 g/mol. The van der Waals surface area contributed by atoms with Crippen molar-refractivity contribution in [1.82, 2.24) is 9.80 Å². The molecule has 2 aliphatic carbocycles. The molecule has 6 nitrogen and oxygen atoms in total. The zero-order valence-corrected chi connectivity index (χ0v) is 20.8. The lowest BCUT2D eigenvalue weighted by atomic mass is 9.80. The summed E-state index contributed by atoms with van der Waals surface area (Å²) in [4.78, 5) is 17.9. The summed E-state index contributed by atoms with van der Waals surface area (Å²) in [5.74, 6) is 0.556. The summed E-state index contributed by atoms with van der Waals surface area (Å²) < 4.78 is 0. The second-order valence-electron chi connectivity index (χ2n) is 10.9. The number of carbonyl (C=O) groups is 1. The second kappa shape index (κ2) is 9.64. The smallest absolute Gasteiger partial charge is 0.322 e. The number of aryl methyl sites for hydroxylation is 2. The molecule has 2 saturated carbocycles. The molecule has 2 amide bonds. The number of carbonyl (C=O) groups excluding carboxylic acids is 1. The van der Waals surface area contributed by atoms with E-state index in [2.05, 4.69) is 39.4 Å². The van der Waals surface area contributed by atoms with Crippen LogP contribution in [0.5, 0.6) is 0 Å². The molecule has 3 aliphatic rings. The first-order chi connectivity index (χ1) is 16.9. The number of urea groups is 1. The van der Waals surface area contributed by atoms with Crippen LogP contribution < -0.4 is 5.32 Å². The van der Waals surface area contributed by atoms with E-state index >= 15 is 0 Å². The first-order valence-corrected chi connectivity index (χ1v) is 12.9. The Bertz CT molecular complexity index is 1120. The Hall–Kier alpha value is -2.88. The molecule has 1 unspecified atom stereocenters. The van der Waals surface area contributed by atoms with Gasteiger partial charge in [0.2, 0.25) is 0 Å². The number of fused-ring (bicyclic) bond motifs is 1. The van der Waals surface area contributed by atoms with Crippen molar-refractivity contribution < 1.29 is 9.90 Å². The Morgan fingerprint density at radius 2 is 2.03 bits per heavy atom. The van der Waals surface area contributed by atoms with Crippen LogP contribution in [0.1, 0.15) is 54.4 Å². The van der Waals surface area contributed by atoms with E-state index < -0.39 is 0 Å². The summed E-state index contributed by atoms with van der Waals surface area (Å²) in [6.07, 6.45) is 4.72. The Kier molecular flexibility index (Phi) is 6.57. The van der Waals surface area contributed by atoms with Crippen molar-refractivity contribution in [2.75, 3.05) is 31.5 Å². The van der Waals surface area contributed by atoms with Gasteiger partial charge in [0.25, 0.3) is 0 Å². The number of β-amino-alcohol motifs (C(OH)–C–C–N with tert-alkyl or cyclic N) is 1. The Balaban J connectivity index is 1.30. The van der Waals surface area contributed by atoms with E-state index in [-0.39, 0.29) is 23.6 Å². The molecule has 0 spiro atoms. The van der Waals surface area contributed by atoms with Gasteiger partial charge in [0, 0.05) is 37.9 Å². The maximum atomic E-state index is 13.6. The number of benzene rings is 2. The van der Waals surface area contributed by atoms with Crippen LogP contribution in [0, 0.1) is 31.1 Å². The van der Waals surface area contributed by atoms with Crippen LogP contribution in [0.15, 0.2) is 42.5 Å². The average Bonchev–Trinajstić information content (AvgIpc) is 3.43. The number of likely N-dealkylation sites (tertiary alicyclic amines) is 1. The van der Waals surface area contributed by atoms with Gasteiger partial charge in [-0.3, -0.25) is 4.90 Å². The summed E-state index contributed by atoms with van der Waals surface area (Å²) in [5.41, 5.74) is 5.32. The summed E-state index contributed by atoms with van der Waals surface area (Å²) in [5, 5.41) is 22.4. The zero-order chi connectivity index (χ0) is 24.6. The van der Waals surface area contributed by atoms with Crippen LogP contribution in [0.2, 0.25) is 0 Å². The van der Waals surface area contributed by atoms with Crippen molar-refractivity contribution in [2.24, 2.45) is 5.92 Å². The van der Waals surface area contributed by atoms with E-state index in [1.807, 2.05) is 38.1 Å². The molecule has 0 radical (unpaired) electrons. The molecule has 35 heavy (non-hydrogen) atoms. The lowest BCUT2D eigenvalue weighted by molar-refractivity contribution is 0.142. The largest absolute Gasteiger partial charge is 0.392 e. The van der Waals surface area contributed by atoms with E-state index in [0.29, 0.717) is 19.0 Å². The predicted molar refractivity (Wildman–Crippen MR) is 137 cm³/mol. The number of rotatable bonds is 6. The molecular formula is C29H36N4O2. The number of amides is 2. The van der Waals surface area contributed by atoms with Gasteiger partial charge in [-0.1, -0.05) is 18.2 Å². The van der Waals surface area contributed by atoms with E-state index in [0.717, 1.165) is 67.6 Å². The number of nitriles is 1. The average molecular weight is 473 g/mol. The van der Waals surface area contributed by atoms with Crippen LogP contribution in [0.3, 0.4) is 0 Å². The number of nitrogens with one attached hydrogen (secondary N) is 1. The third-order valence-electron chi connectivity index (χ3n) is 8.36. The van der Waals surface area contributed by atoms with Crippen molar-refractivity contribution in [3.05, 3.63) is 64.7 Å². The quantitative estimate of drug-likeness (QED) is 0.645. The van der Waals surface area contributed by atoms with Crippen molar-refractivity contribution in [1.29, 1.82) is 5.26 Å². The highest BCUT2D eigenvalue weighted by atomic mass is 16.3. The molecule has 2 aromatic rings. The predicted octanol–water partition coefficient (Wildman–Crippen LogP) is 4.59. The van der Waals surface area contributed by atoms with Crippen LogP contribution in [-0.2, 0) is 5.41 Å². The molecule has 0 bridgehead atoms. The van der Waals surface area contributed by atoms with Crippen molar-refractivity contribution in [3.63, 3.8) is 0 Å². The van der Waals surface area contributed by atoms with Gasteiger partial charge in [0.1, 0.15) is 0 Å². The number of nitrogens with zero attached hydrogens (tertiary/aromatic N) is 3. The minimum atomic E-state index is -0.251. The van der Waals surface area contributed by atoms with Gasteiger partial charge in [-0.15, -0.1) is 0 Å². The fourth-order valence-electron chi connectivity index (χ4n) is 6.50. The maximum Gasteiger partial charge on any atom is 0.322 e. The number of hydrogen-bond donors (Lipinski definition) is 2. The Morgan fingerprint density at radius 1 is 1.23 bits per heavy atom. The standard InChI is InChI=1S/C29H36N4O2/c1-20-12-21(2)14-25(13-20)31-28(35)33(11-10-32-9-7-27(34)19-32)26-6-8-29(17-24(29)16-26)23-5-3-4-22(15-23)18-30/h3-5,12-15,24,26-27,34H,6-11,16-17,19H2,1-2H3,(H,31,35)/t24?,26-,27-,29-/m1/s1. The molecule has 1 saturated heterocycles. The molecular weight excluding hydrogens is 436 g/mol. The summed E-state index contributed by atoms with van der Waals surface area (Å²) in [7, 11) is 0. The minimum Gasteiger partial charge on any atom is -0.392 e. The van der Waals surface area contributed by atoms with Gasteiger partial charge in [-0.25, -0.2) is 4.79 Å². The van der Waals surface area contributed by atoms with E-state index in [1.54, 1.807) is 0 Å². The van der Waals surface area contributed by atoms with Gasteiger partial charge in [0.15, 0.2) is 0 Å². The molecule has 4 atom stereocenters. The summed E-state index contributed by atoms with van der Waals surface area (Å²) in [6, 6.07) is 16.7. The van der Waals surface area contributed by atoms with Crippen molar-refractivity contribution in [3.8, 4) is 6.07 Å². The number of aliphatic hydroxyl groups is 1. The number of hydrogen-bond acceptors (Lipinski definition) is 4. The molecule has 1 heterocycles. The van der Waals surface area contributed by atoms with Crippen LogP contribution in [0.25, 0.3) is 0 Å². The van der Waals surface area contributed by atoms with E-state index in [4.69, 9.17) is 0 Å². The van der Waals surface area contributed by atoms with Gasteiger partial charge < -0.3 is 15.3 Å². The number of anilines is 1. The van der Waals surface area contributed by atoms with Gasteiger partial charge in [0.05, 0.1) is 17.7 Å². The first kappa shape index (κ1) is 23.8. The van der Waals surface area contributed by atoms with Crippen molar-refractivity contribution >= 4 is 11.7 Å². The highest BCUT2D eigenvalue weighted by Gasteiger charge is 2.58. The molecule has 2 aromatic carbocycles. The zero-order valence-electron chi connectivity index (χ0n) is 20.8. The lowest BCUT2D eigenvalue weighted by Gasteiger charge is -2.37. The van der Waals surface area contributed by atoms with Crippen LogP contribution in [-0.4, -0.2) is 59.3 Å². The molecule has 3 fully saturated rings. The van der Waals surface area contributed by atoms with Gasteiger partial charge in [-0.2, -0.15) is 5.26 Å². The maximum absolute atomic E-state index is 13.6. The van der Waals surface area contributed by atoms with Crippen LogP contribution >= 0.6 is 0 Å². The fourth-order valence-corrected chi connectivity index (χ4v) is 6.50. The minimum absolute atomic E-state index is 0.0284. The first-order valence-electron chi connectivity index (χ1n) is 12.9. The highest BCUT2D eigenvalue weighted by molar-refractivity contribution is 5.89. The molecule has 6 heteroatoms. The fraction of sp³-hybridized carbons (Fsp3) is 0.517. The Morgan fingerprint density at radius 3 is 2.71 bits per heavy atom. The molecule has 2 N–H and O–H groups in total. The van der Waals surface area contributed by atoms with Crippen molar-refractivity contribution in [2.45, 2.75) is 63.5 Å². The lowest BCUT2D eigenvalue weighted by Crippen LogP contribution is -2.48. The Labute approximate surface area is 208 Å². The van der Waals surface area contributed by atoms with E-state index in [9.17, 15) is 15.2 Å². The SMILES string of the molecule is Cc1cc(C)cc(NC(=O)N(CCN2CC[C@@H](O)C2)[C@@H]2CC[C@]3(c4cccc(C#N)c4)CC3C2)c1. The topological polar surface area (TPSA) is 79.6 Å². The summed E-state index contributed by atoms with van der Waals surface area (Å²) >= 11 is 0. The number of aliphatic hydroxyl groups excluding tert-OH is 1. The third-order valence-corrected chi connectivity index (χ3v) is 8.36.